The molecule has 0 amide bonds. The maximum absolute atomic E-state index is 13.0. The second-order valence-electron chi connectivity index (χ2n) is 6.93. The minimum absolute atomic E-state index is 0.112. The summed E-state index contributed by atoms with van der Waals surface area (Å²) >= 11 is 0. The van der Waals surface area contributed by atoms with E-state index in [2.05, 4.69) is 15.6 Å². The van der Waals surface area contributed by atoms with Gasteiger partial charge in [0.05, 0.1) is 11.4 Å². The highest BCUT2D eigenvalue weighted by molar-refractivity contribution is 7.89. The average Bonchev–Trinajstić information content (AvgIpc) is 2.71. The fourth-order valence-electron chi connectivity index (χ4n) is 2.51. The van der Waals surface area contributed by atoms with Crippen molar-refractivity contribution < 1.29 is 12.8 Å². The summed E-state index contributed by atoms with van der Waals surface area (Å²) in [7, 11) is -1.91. The zero-order valence-corrected chi connectivity index (χ0v) is 18.1. The van der Waals surface area contributed by atoms with Gasteiger partial charge >= 0.3 is 0 Å². The van der Waals surface area contributed by atoms with Gasteiger partial charge in [-0.15, -0.1) is 0 Å². The molecular formula is C21H29FN4O2S. The molecule has 0 spiro atoms. The number of halogens is 1. The molecule has 0 aromatic heterocycles. The van der Waals surface area contributed by atoms with Crippen molar-refractivity contribution in [3.63, 3.8) is 0 Å². The lowest BCUT2D eigenvalue weighted by molar-refractivity contribution is 0.410. The van der Waals surface area contributed by atoms with Crippen molar-refractivity contribution >= 4 is 16.0 Å². The van der Waals surface area contributed by atoms with Gasteiger partial charge in [0.25, 0.3) is 0 Å². The first-order chi connectivity index (χ1) is 13.7. The molecule has 29 heavy (non-hydrogen) atoms. The fourth-order valence-corrected chi connectivity index (χ4v) is 3.88. The molecule has 158 valence electrons. The Morgan fingerprint density at radius 2 is 1.62 bits per heavy atom. The summed E-state index contributed by atoms with van der Waals surface area (Å²) in [4.78, 5) is 4.80. The molecule has 0 fully saturated rings. The van der Waals surface area contributed by atoms with E-state index in [1.165, 1.54) is 16.4 Å². The number of guanidine groups is 1. The van der Waals surface area contributed by atoms with Gasteiger partial charge in [-0.25, -0.2) is 17.8 Å². The Morgan fingerprint density at radius 1 is 1.03 bits per heavy atom. The van der Waals surface area contributed by atoms with Gasteiger partial charge in [-0.05, 0) is 56.2 Å². The van der Waals surface area contributed by atoms with Crippen molar-refractivity contribution in [2.24, 2.45) is 4.99 Å². The lowest BCUT2D eigenvalue weighted by atomic mass is 10.2. The lowest BCUT2D eigenvalue weighted by Crippen LogP contribution is -2.36. The monoisotopic (exact) mass is 420 g/mol. The average molecular weight is 421 g/mol. The summed E-state index contributed by atoms with van der Waals surface area (Å²) < 4.78 is 39.4. The maximum Gasteiger partial charge on any atom is 0.243 e. The van der Waals surface area contributed by atoms with Crippen molar-refractivity contribution in [2.45, 2.75) is 44.8 Å². The number of sulfonamides is 1. The topological polar surface area (TPSA) is 73.8 Å². The van der Waals surface area contributed by atoms with Crippen LogP contribution in [0.15, 0.2) is 58.4 Å². The zero-order chi connectivity index (χ0) is 21.4. The van der Waals surface area contributed by atoms with Crippen molar-refractivity contribution in [3.8, 4) is 0 Å². The van der Waals surface area contributed by atoms with E-state index in [-0.39, 0.29) is 16.8 Å². The van der Waals surface area contributed by atoms with Crippen LogP contribution in [0.5, 0.6) is 0 Å². The van der Waals surface area contributed by atoms with Crippen LogP contribution in [0.25, 0.3) is 0 Å². The van der Waals surface area contributed by atoms with E-state index in [1.54, 1.807) is 43.4 Å². The minimum Gasteiger partial charge on any atom is -0.357 e. The van der Waals surface area contributed by atoms with Crippen LogP contribution in [-0.2, 0) is 23.1 Å². The number of hydrogen-bond donors (Lipinski definition) is 2. The Labute approximate surface area is 172 Å². The molecule has 0 radical (unpaired) electrons. The van der Waals surface area contributed by atoms with E-state index in [4.69, 9.17) is 0 Å². The smallest absolute Gasteiger partial charge is 0.243 e. The molecule has 0 unspecified atom stereocenters. The fraction of sp³-hybridized carbons (Fsp3) is 0.381. The van der Waals surface area contributed by atoms with Crippen molar-refractivity contribution in [2.75, 3.05) is 13.6 Å². The molecule has 0 heterocycles. The highest BCUT2D eigenvalue weighted by Gasteiger charge is 2.22. The quantitative estimate of drug-likeness (QED) is 0.508. The summed E-state index contributed by atoms with van der Waals surface area (Å²) in [6.07, 6.45) is 0. The number of benzene rings is 2. The first kappa shape index (κ1) is 22.8. The molecule has 0 aliphatic rings. The second kappa shape index (κ2) is 10.4. The van der Waals surface area contributed by atoms with Gasteiger partial charge in [-0.1, -0.05) is 24.3 Å². The molecule has 2 N–H and O–H groups in total. The second-order valence-corrected chi connectivity index (χ2v) is 8.93. The van der Waals surface area contributed by atoms with Crippen LogP contribution in [0.2, 0.25) is 0 Å². The first-order valence-electron chi connectivity index (χ1n) is 9.57. The molecule has 0 aliphatic carbocycles. The van der Waals surface area contributed by atoms with E-state index >= 15 is 0 Å². The predicted octanol–water partition coefficient (Wildman–Crippen LogP) is 3.11. The molecule has 2 aromatic carbocycles. The summed E-state index contributed by atoms with van der Waals surface area (Å²) in [5, 5.41) is 6.36. The molecule has 2 aromatic rings. The van der Waals surface area contributed by atoms with Gasteiger partial charge in [-0.3, -0.25) is 0 Å². The third-order valence-corrected chi connectivity index (χ3v) is 6.51. The molecule has 0 saturated heterocycles. The van der Waals surface area contributed by atoms with Gasteiger partial charge in [0, 0.05) is 26.2 Å². The lowest BCUT2D eigenvalue weighted by Gasteiger charge is -2.21. The number of aliphatic imine (C=N–C) groups is 1. The molecule has 6 nitrogen and oxygen atoms in total. The summed E-state index contributed by atoms with van der Waals surface area (Å²) in [6, 6.07) is 12.9. The Kier molecular flexibility index (Phi) is 8.16. The summed E-state index contributed by atoms with van der Waals surface area (Å²) in [5.41, 5.74) is 1.84. The summed E-state index contributed by atoms with van der Waals surface area (Å²) in [6.45, 7) is 7.27. The van der Waals surface area contributed by atoms with Crippen LogP contribution in [0.3, 0.4) is 0 Å². The van der Waals surface area contributed by atoms with Crippen LogP contribution in [0.1, 0.15) is 31.9 Å². The van der Waals surface area contributed by atoms with E-state index < -0.39 is 10.0 Å². The third kappa shape index (κ3) is 6.54. The van der Waals surface area contributed by atoms with Crippen LogP contribution >= 0.6 is 0 Å². The summed E-state index contributed by atoms with van der Waals surface area (Å²) in [5.74, 6) is 0.368. The molecule has 8 heteroatoms. The zero-order valence-electron chi connectivity index (χ0n) is 17.3. The van der Waals surface area contributed by atoms with Crippen molar-refractivity contribution in [1.29, 1.82) is 0 Å². The van der Waals surface area contributed by atoms with Crippen LogP contribution in [-0.4, -0.2) is 38.3 Å². The molecular weight excluding hydrogens is 391 g/mol. The first-order valence-corrected chi connectivity index (χ1v) is 11.0. The van der Waals surface area contributed by atoms with Gasteiger partial charge in [0.2, 0.25) is 10.0 Å². The molecule has 0 saturated carbocycles. The highest BCUT2D eigenvalue weighted by Crippen LogP contribution is 2.17. The Bertz CT molecular complexity index is 911. The molecule has 0 atom stereocenters. The van der Waals surface area contributed by atoms with Crippen molar-refractivity contribution in [1.82, 2.24) is 14.9 Å². The van der Waals surface area contributed by atoms with E-state index in [1.807, 2.05) is 20.8 Å². The standard InChI is InChI=1S/C21H29FN4O2S/c1-5-23-21(24-14-17-6-10-19(22)11-7-17)25-15-18-8-12-20(13-9-18)29(27,28)26(4)16(2)3/h6-13,16H,5,14-15H2,1-4H3,(H2,23,24,25). The maximum atomic E-state index is 13.0. The van der Waals surface area contributed by atoms with E-state index in [0.717, 1.165) is 11.1 Å². The van der Waals surface area contributed by atoms with Crippen LogP contribution in [0.4, 0.5) is 4.39 Å². The molecule has 2 rings (SSSR count). The van der Waals surface area contributed by atoms with Crippen LogP contribution in [0, 0.1) is 5.82 Å². The highest BCUT2D eigenvalue weighted by atomic mass is 32.2. The van der Waals surface area contributed by atoms with Gasteiger partial charge in [-0.2, -0.15) is 4.31 Å². The normalized spacial score (nSPS) is 12.4. The number of nitrogens with one attached hydrogen (secondary N) is 2. The minimum atomic E-state index is -3.49. The van der Waals surface area contributed by atoms with E-state index in [9.17, 15) is 12.8 Å². The number of nitrogens with zero attached hydrogens (tertiary/aromatic N) is 2. The molecule has 0 aliphatic heterocycles. The van der Waals surface area contributed by atoms with Crippen molar-refractivity contribution in [3.05, 3.63) is 65.5 Å². The Hall–Kier alpha value is -2.45. The number of hydrogen-bond acceptors (Lipinski definition) is 3. The Balaban J connectivity index is 2.04. The molecule has 0 bridgehead atoms. The van der Waals surface area contributed by atoms with Gasteiger partial charge < -0.3 is 10.6 Å². The SMILES string of the molecule is CCNC(=NCc1ccc(S(=O)(=O)N(C)C(C)C)cc1)NCc1ccc(F)cc1. The third-order valence-electron chi connectivity index (χ3n) is 4.46. The number of rotatable bonds is 8. The van der Waals surface area contributed by atoms with E-state index in [0.29, 0.717) is 25.6 Å². The Morgan fingerprint density at radius 3 is 2.17 bits per heavy atom. The van der Waals surface area contributed by atoms with Gasteiger partial charge in [0.15, 0.2) is 5.96 Å². The van der Waals surface area contributed by atoms with Gasteiger partial charge in [0.1, 0.15) is 5.82 Å². The largest absolute Gasteiger partial charge is 0.357 e. The van der Waals surface area contributed by atoms with Crippen LogP contribution < -0.4 is 10.6 Å². The predicted molar refractivity (Wildman–Crippen MR) is 115 cm³/mol.